The maximum Gasteiger partial charge on any atom is 0.260 e. The maximum atomic E-state index is 10.1. The lowest BCUT2D eigenvalue weighted by molar-refractivity contribution is -0.166. The predicted molar refractivity (Wildman–Crippen MR) is 23.1 cm³/mol. The lowest BCUT2D eigenvalue weighted by Gasteiger charge is -2.02. The third kappa shape index (κ3) is 2.13. The van der Waals surface area contributed by atoms with Crippen LogP contribution in [0.3, 0.4) is 0 Å². The highest BCUT2D eigenvalue weighted by Gasteiger charge is 1.98. The molecule has 0 unspecified atom stereocenters. The molecule has 0 bridgehead atoms. The summed E-state index contributed by atoms with van der Waals surface area (Å²) in [5.74, 6) is 4.10. The summed E-state index contributed by atoms with van der Waals surface area (Å²) in [6, 6.07) is 0. The van der Waals surface area contributed by atoms with Crippen LogP contribution in [0.1, 0.15) is 13.3 Å². The number of nitrogens with zero attached hydrogens (tertiary/aromatic N) is 1. The van der Waals surface area contributed by atoms with E-state index in [2.05, 4.69) is 5.84 Å². The summed E-state index contributed by atoms with van der Waals surface area (Å²) < 4.78 is 0. The van der Waals surface area contributed by atoms with Gasteiger partial charge in [-0.3, -0.25) is 10.0 Å². The van der Waals surface area contributed by atoms with Crippen LogP contribution < -0.4 is 5.84 Å². The molecule has 4 nitrogen and oxygen atoms in total. The van der Waals surface area contributed by atoms with E-state index in [-0.39, 0.29) is 11.6 Å². The van der Waals surface area contributed by atoms with Gasteiger partial charge in [0.2, 0.25) is 0 Å². The number of carbonyl (C=O) groups is 1. The normalized spacial score (nSPS) is 8.43. The Bertz CT molecular complexity index is 71.3. The van der Waals surface area contributed by atoms with Crippen LogP contribution in [0.4, 0.5) is 0 Å². The summed E-state index contributed by atoms with van der Waals surface area (Å²) in [5, 5.41) is 8.17. The number of hydrogen-bond donors (Lipinski definition) is 2. The molecular weight excluding hydrogens is 96.0 g/mol. The Hall–Kier alpha value is -0.610. The Balaban J connectivity index is 3.35. The molecule has 42 valence electrons. The highest BCUT2D eigenvalue weighted by atomic mass is 16.5. The van der Waals surface area contributed by atoms with E-state index >= 15 is 0 Å². The van der Waals surface area contributed by atoms with Crippen molar-refractivity contribution in [3.63, 3.8) is 0 Å². The summed E-state index contributed by atoms with van der Waals surface area (Å²) in [5.41, 5.74) is 0. The van der Waals surface area contributed by atoms with Gasteiger partial charge in [-0.2, -0.15) is 5.17 Å². The SMILES string of the molecule is CCC(=O)N(N)O. The molecule has 0 spiro atoms. The van der Waals surface area contributed by atoms with Crippen LogP contribution in [-0.4, -0.2) is 16.3 Å². The Labute approximate surface area is 41.4 Å². The topological polar surface area (TPSA) is 66.6 Å². The van der Waals surface area contributed by atoms with Crippen molar-refractivity contribution in [1.82, 2.24) is 5.17 Å². The summed E-state index contributed by atoms with van der Waals surface area (Å²) in [6.07, 6.45) is 0.229. The molecule has 0 heterocycles. The molecule has 1 amide bonds. The van der Waals surface area contributed by atoms with Gasteiger partial charge in [0.25, 0.3) is 5.91 Å². The molecule has 0 aromatic rings. The Morgan fingerprint density at radius 2 is 2.43 bits per heavy atom. The molecule has 0 rings (SSSR count). The first-order chi connectivity index (χ1) is 3.18. The number of carbonyl (C=O) groups excluding carboxylic acids is 1. The Morgan fingerprint density at radius 3 is 2.43 bits per heavy atom. The molecule has 0 aromatic carbocycles. The molecule has 3 N–H and O–H groups in total. The van der Waals surface area contributed by atoms with Crippen molar-refractivity contribution in [3.05, 3.63) is 0 Å². The predicted octanol–water partition coefficient (Wildman–Crippen LogP) is -0.512. The highest BCUT2D eigenvalue weighted by Crippen LogP contribution is 1.77. The molecule has 0 aliphatic carbocycles. The molecule has 4 heteroatoms. The van der Waals surface area contributed by atoms with Crippen LogP contribution in [0.2, 0.25) is 0 Å². The van der Waals surface area contributed by atoms with Gasteiger partial charge in [0.1, 0.15) is 0 Å². The van der Waals surface area contributed by atoms with E-state index in [1.165, 1.54) is 0 Å². The minimum absolute atomic E-state index is 0.0833. The van der Waals surface area contributed by atoms with Crippen LogP contribution >= 0.6 is 0 Å². The van der Waals surface area contributed by atoms with Gasteiger partial charge in [0.05, 0.1) is 0 Å². The molecular formula is C3H8N2O2. The van der Waals surface area contributed by atoms with Gasteiger partial charge in [0, 0.05) is 6.42 Å². The summed E-state index contributed by atoms with van der Waals surface area (Å²) >= 11 is 0. The van der Waals surface area contributed by atoms with Crippen LogP contribution in [0.25, 0.3) is 0 Å². The van der Waals surface area contributed by atoms with Crippen molar-refractivity contribution in [2.45, 2.75) is 13.3 Å². The summed E-state index contributed by atoms with van der Waals surface area (Å²) in [6.45, 7) is 1.61. The number of amides is 1. The van der Waals surface area contributed by atoms with E-state index in [9.17, 15) is 4.79 Å². The zero-order valence-electron chi connectivity index (χ0n) is 4.09. The maximum absolute atomic E-state index is 10.1. The molecule has 0 radical (unpaired) electrons. The van der Waals surface area contributed by atoms with E-state index in [0.29, 0.717) is 0 Å². The number of hydrazine groups is 1. The zero-order chi connectivity index (χ0) is 5.86. The van der Waals surface area contributed by atoms with E-state index in [4.69, 9.17) is 5.21 Å². The first kappa shape index (κ1) is 6.39. The third-order valence-corrected chi connectivity index (χ3v) is 0.558. The molecule has 0 atom stereocenters. The van der Waals surface area contributed by atoms with Gasteiger partial charge in [-0.25, -0.2) is 5.84 Å². The smallest absolute Gasteiger partial charge is 0.260 e. The largest absolute Gasteiger partial charge is 0.271 e. The quantitative estimate of drug-likeness (QED) is 0.204. The van der Waals surface area contributed by atoms with E-state index in [1.54, 1.807) is 6.92 Å². The number of hydroxylamine groups is 1. The van der Waals surface area contributed by atoms with Gasteiger partial charge in [-0.15, -0.1) is 0 Å². The second kappa shape index (κ2) is 2.54. The van der Waals surface area contributed by atoms with Crippen LogP contribution in [0, 0.1) is 0 Å². The van der Waals surface area contributed by atoms with E-state index < -0.39 is 5.91 Å². The minimum atomic E-state index is -0.486. The minimum Gasteiger partial charge on any atom is -0.271 e. The lowest BCUT2D eigenvalue weighted by Crippen LogP contribution is -2.32. The van der Waals surface area contributed by atoms with Gasteiger partial charge in [-0.1, -0.05) is 6.92 Å². The van der Waals surface area contributed by atoms with E-state index in [1.807, 2.05) is 0 Å². The van der Waals surface area contributed by atoms with Crippen LogP contribution in [-0.2, 0) is 4.79 Å². The second-order valence-corrected chi connectivity index (χ2v) is 1.09. The third-order valence-electron chi connectivity index (χ3n) is 0.558. The van der Waals surface area contributed by atoms with Crippen molar-refractivity contribution in [3.8, 4) is 0 Å². The molecule has 0 aromatic heterocycles. The van der Waals surface area contributed by atoms with Gasteiger partial charge < -0.3 is 0 Å². The van der Waals surface area contributed by atoms with Crippen molar-refractivity contribution < 1.29 is 10.0 Å². The van der Waals surface area contributed by atoms with Crippen molar-refractivity contribution in [2.24, 2.45) is 5.84 Å². The van der Waals surface area contributed by atoms with Gasteiger partial charge in [-0.05, 0) is 0 Å². The number of rotatable bonds is 1. The Morgan fingerprint density at radius 1 is 2.00 bits per heavy atom. The van der Waals surface area contributed by atoms with Crippen molar-refractivity contribution in [1.29, 1.82) is 0 Å². The second-order valence-electron chi connectivity index (χ2n) is 1.09. The van der Waals surface area contributed by atoms with Crippen LogP contribution in [0.15, 0.2) is 0 Å². The fraction of sp³-hybridized carbons (Fsp3) is 0.667. The monoisotopic (exact) mass is 104 g/mol. The summed E-state index contributed by atoms with van der Waals surface area (Å²) in [4.78, 5) is 10.1. The first-order valence-electron chi connectivity index (χ1n) is 1.95. The lowest BCUT2D eigenvalue weighted by atomic mass is 10.5. The fourth-order valence-corrected chi connectivity index (χ4v) is 0.162. The highest BCUT2D eigenvalue weighted by molar-refractivity contribution is 5.73. The van der Waals surface area contributed by atoms with Gasteiger partial charge in [0.15, 0.2) is 0 Å². The zero-order valence-corrected chi connectivity index (χ0v) is 4.09. The molecule has 0 aliphatic heterocycles. The molecule has 0 aliphatic rings. The standard InChI is InChI=1S/C3H8N2O2/c1-2-3(6)5(4)7/h7H,2,4H2,1H3. The first-order valence-corrected chi connectivity index (χ1v) is 1.95. The fourth-order valence-electron chi connectivity index (χ4n) is 0.162. The molecule has 7 heavy (non-hydrogen) atoms. The number of hydrogen-bond acceptors (Lipinski definition) is 3. The molecule has 0 saturated carbocycles. The van der Waals surface area contributed by atoms with Crippen LogP contribution in [0.5, 0.6) is 0 Å². The average Bonchev–Trinajstić information content (AvgIpc) is 1.65. The van der Waals surface area contributed by atoms with Crippen molar-refractivity contribution in [2.75, 3.05) is 0 Å². The number of nitrogens with two attached hydrogens (primary N) is 1. The average molecular weight is 104 g/mol. The van der Waals surface area contributed by atoms with E-state index in [0.717, 1.165) is 0 Å². The Kier molecular flexibility index (Phi) is 2.32. The molecule has 0 saturated heterocycles. The molecule has 0 fully saturated rings. The van der Waals surface area contributed by atoms with Crippen molar-refractivity contribution >= 4 is 5.91 Å². The van der Waals surface area contributed by atoms with Gasteiger partial charge >= 0.3 is 0 Å². The summed E-state index contributed by atoms with van der Waals surface area (Å²) in [7, 11) is 0.